The Hall–Kier alpha value is -1.53. The molecule has 0 atom stereocenters. The molecule has 7 heteroatoms. The highest BCUT2D eigenvalue weighted by molar-refractivity contribution is 6.30. The Kier molecular flexibility index (Phi) is 3.65. The molecule has 2 rings (SSSR count). The zero-order valence-corrected chi connectivity index (χ0v) is 9.95. The highest BCUT2D eigenvalue weighted by Crippen LogP contribution is 2.18. The van der Waals surface area contributed by atoms with E-state index in [0.29, 0.717) is 18.1 Å². The average molecular weight is 256 g/mol. The molecule has 1 aromatic heterocycles. The molecule has 17 heavy (non-hydrogen) atoms. The van der Waals surface area contributed by atoms with Crippen LogP contribution in [0.4, 0.5) is 4.39 Å². The van der Waals surface area contributed by atoms with Crippen molar-refractivity contribution >= 4 is 11.6 Å². The van der Waals surface area contributed by atoms with E-state index in [1.807, 2.05) is 6.92 Å². The summed E-state index contributed by atoms with van der Waals surface area (Å²) < 4.78 is 14.6. The maximum Gasteiger partial charge on any atom is 0.170 e. The standard InChI is InChI=1S/C10H11ClFN5/c1-2-13-6-10-14-15-16-17(10)7-3-4-9(12)8(11)5-7/h3-5,13H,2,6H2,1H3. The van der Waals surface area contributed by atoms with E-state index >= 15 is 0 Å². The van der Waals surface area contributed by atoms with Crippen LogP contribution in [-0.2, 0) is 6.54 Å². The highest BCUT2D eigenvalue weighted by atomic mass is 35.5. The van der Waals surface area contributed by atoms with Gasteiger partial charge in [-0.3, -0.25) is 0 Å². The monoisotopic (exact) mass is 255 g/mol. The van der Waals surface area contributed by atoms with Crippen LogP contribution >= 0.6 is 11.6 Å². The number of hydrogen-bond acceptors (Lipinski definition) is 4. The molecule has 1 aromatic carbocycles. The summed E-state index contributed by atoms with van der Waals surface area (Å²) >= 11 is 5.71. The number of hydrogen-bond donors (Lipinski definition) is 1. The first-order chi connectivity index (χ1) is 8.22. The molecule has 0 fully saturated rings. The highest BCUT2D eigenvalue weighted by Gasteiger charge is 2.09. The van der Waals surface area contributed by atoms with Crippen LogP contribution in [0.1, 0.15) is 12.7 Å². The summed E-state index contributed by atoms with van der Waals surface area (Å²) in [6.45, 7) is 3.35. The van der Waals surface area contributed by atoms with Crippen molar-refractivity contribution in [1.29, 1.82) is 0 Å². The number of halogens is 2. The van der Waals surface area contributed by atoms with Gasteiger partial charge >= 0.3 is 0 Å². The molecule has 2 aromatic rings. The summed E-state index contributed by atoms with van der Waals surface area (Å²) in [5.74, 6) is 0.186. The molecule has 0 amide bonds. The number of nitrogens with one attached hydrogen (secondary N) is 1. The van der Waals surface area contributed by atoms with Gasteiger partial charge < -0.3 is 5.32 Å². The molecule has 5 nitrogen and oxygen atoms in total. The van der Waals surface area contributed by atoms with E-state index in [1.165, 1.54) is 16.8 Å². The second-order valence-electron chi connectivity index (χ2n) is 3.39. The Balaban J connectivity index is 2.32. The molecule has 0 aliphatic heterocycles. The van der Waals surface area contributed by atoms with Crippen LogP contribution in [0, 0.1) is 5.82 Å². The van der Waals surface area contributed by atoms with Crippen LogP contribution in [0.3, 0.4) is 0 Å². The molecule has 0 bridgehead atoms. The first kappa shape index (κ1) is 11.9. The smallest absolute Gasteiger partial charge is 0.170 e. The molecule has 0 saturated carbocycles. The molecule has 0 spiro atoms. The van der Waals surface area contributed by atoms with Gasteiger partial charge in [0.1, 0.15) is 5.82 Å². The minimum atomic E-state index is -0.461. The fraction of sp³-hybridized carbons (Fsp3) is 0.300. The van der Waals surface area contributed by atoms with E-state index in [-0.39, 0.29) is 5.02 Å². The molecule has 0 saturated heterocycles. The summed E-state index contributed by atoms with van der Waals surface area (Å²) in [6.07, 6.45) is 0. The number of aromatic nitrogens is 4. The molecule has 0 aliphatic carbocycles. The van der Waals surface area contributed by atoms with Gasteiger partial charge in [-0.1, -0.05) is 18.5 Å². The molecule has 90 valence electrons. The summed E-state index contributed by atoms with van der Waals surface area (Å²) in [6, 6.07) is 4.35. The Morgan fingerprint density at radius 2 is 2.29 bits per heavy atom. The Morgan fingerprint density at radius 3 is 3.00 bits per heavy atom. The fourth-order valence-corrected chi connectivity index (χ4v) is 1.54. The van der Waals surface area contributed by atoms with Crippen LogP contribution in [0.25, 0.3) is 5.69 Å². The predicted octanol–water partition coefficient (Wildman–Crippen LogP) is 1.56. The number of tetrazole rings is 1. The lowest BCUT2D eigenvalue weighted by Gasteiger charge is -2.05. The van der Waals surface area contributed by atoms with Crippen molar-refractivity contribution in [3.8, 4) is 5.69 Å². The van der Waals surface area contributed by atoms with Gasteiger partial charge in [-0.2, -0.15) is 4.68 Å². The lowest BCUT2D eigenvalue weighted by atomic mass is 10.3. The lowest BCUT2D eigenvalue weighted by molar-refractivity contribution is 0.625. The fourth-order valence-electron chi connectivity index (χ4n) is 1.37. The molecular weight excluding hydrogens is 245 g/mol. The van der Waals surface area contributed by atoms with Gasteiger partial charge in [0.2, 0.25) is 0 Å². The second-order valence-corrected chi connectivity index (χ2v) is 3.79. The van der Waals surface area contributed by atoms with Gasteiger partial charge in [-0.05, 0) is 35.2 Å². The first-order valence-electron chi connectivity index (χ1n) is 5.15. The number of benzene rings is 1. The van der Waals surface area contributed by atoms with Gasteiger partial charge in [-0.15, -0.1) is 5.10 Å². The van der Waals surface area contributed by atoms with E-state index in [0.717, 1.165) is 6.54 Å². The largest absolute Gasteiger partial charge is 0.310 e. The Morgan fingerprint density at radius 1 is 1.47 bits per heavy atom. The van der Waals surface area contributed by atoms with Crippen LogP contribution < -0.4 is 5.32 Å². The van der Waals surface area contributed by atoms with Crippen molar-refractivity contribution in [3.63, 3.8) is 0 Å². The molecule has 1 heterocycles. The van der Waals surface area contributed by atoms with E-state index in [9.17, 15) is 4.39 Å². The Bertz CT molecular complexity index is 513. The normalized spacial score (nSPS) is 10.8. The van der Waals surface area contributed by atoms with Crippen LogP contribution in [-0.4, -0.2) is 26.8 Å². The van der Waals surface area contributed by atoms with Crippen molar-refractivity contribution < 1.29 is 4.39 Å². The minimum absolute atomic E-state index is 0.0485. The zero-order valence-electron chi connectivity index (χ0n) is 9.19. The van der Waals surface area contributed by atoms with Gasteiger partial charge in [0.25, 0.3) is 0 Å². The molecular formula is C10H11ClFN5. The third kappa shape index (κ3) is 2.59. The van der Waals surface area contributed by atoms with Gasteiger partial charge in [0.15, 0.2) is 5.82 Å². The third-order valence-electron chi connectivity index (χ3n) is 2.21. The van der Waals surface area contributed by atoms with Gasteiger partial charge in [0, 0.05) is 0 Å². The van der Waals surface area contributed by atoms with Crippen molar-refractivity contribution in [2.75, 3.05) is 6.54 Å². The van der Waals surface area contributed by atoms with Crippen LogP contribution in [0.15, 0.2) is 18.2 Å². The zero-order chi connectivity index (χ0) is 12.3. The van der Waals surface area contributed by atoms with Crippen LogP contribution in [0.2, 0.25) is 5.02 Å². The van der Waals surface area contributed by atoms with Gasteiger partial charge in [-0.25, -0.2) is 4.39 Å². The van der Waals surface area contributed by atoms with Crippen molar-refractivity contribution in [1.82, 2.24) is 25.5 Å². The summed E-state index contributed by atoms with van der Waals surface area (Å²) in [5.41, 5.74) is 0.634. The second kappa shape index (κ2) is 5.20. The van der Waals surface area contributed by atoms with E-state index < -0.39 is 5.82 Å². The molecule has 1 N–H and O–H groups in total. The molecule has 0 radical (unpaired) electrons. The lowest BCUT2D eigenvalue weighted by Crippen LogP contribution is -2.16. The average Bonchev–Trinajstić information content (AvgIpc) is 2.78. The third-order valence-corrected chi connectivity index (χ3v) is 2.50. The maximum absolute atomic E-state index is 13.0. The summed E-state index contributed by atoms with van der Waals surface area (Å²) in [7, 11) is 0. The van der Waals surface area contributed by atoms with Gasteiger partial charge in [0.05, 0.1) is 17.3 Å². The maximum atomic E-state index is 13.0. The molecule has 0 aliphatic rings. The summed E-state index contributed by atoms with van der Waals surface area (Å²) in [4.78, 5) is 0. The van der Waals surface area contributed by atoms with E-state index in [4.69, 9.17) is 11.6 Å². The SMILES string of the molecule is CCNCc1nnnn1-c1ccc(F)c(Cl)c1. The first-order valence-corrected chi connectivity index (χ1v) is 5.53. The van der Waals surface area contributed by atoms with Crippen molar-refractivity contribution in [2.24, 2.45) is 0 Å². The topological polar surface area (TPSA) is 55.6 Å². The quantitative estimate of drug-likeness (QED) is 0.901. The van der Waals surface area contributed by atoms with E-state index in [1.54, 1.807) is 6.07 Å². The molecule has 0 unspecified atom stereocenters. The Labute approximate surface area is 103 Å². The minimum Gasteiger partial charge on any atom is -0.310 e. The van der Waals surface area contributed by atoms with Crippen molar-refractivity contribution in [3.05, 3.63) is 34.9 Å². The summed E-state index contributed by atoms with van der Waals surface area (Å²) in [5, 5.41) is 14.5. The van der Waals surface area contributed by atoms with Crippen LogP contribution in [0.5, 0.6) is 0 Å². The van der Waals surface area contributed by atoms with E-state index in [2.05, 4.69) is 20.8 Å². The van der Waals surface area contributed by atoms with Crippen molar-refractivity contribution in [2.45, 2.75) is 13.5 Å². The predicted molar refractivity (Wildman–Crippen MR) is 61.5 cm³/mol. The number of nitrogens with zero attached hydrogens (tertiary/aromatic N) is 4. The number of rotatable bonds is 4.